The van der Waals surface area contributed by atoms with Gasteiger partial charge in [-0.05, 0) is 29.8 Å². The minimum Gasteiger partial charge on any atom is -0.349 e. The van der Waals surface area contributed by atoms with E-state index >= 15 is 0 Å². The van der Waals surface area contributed by atoms with E-state index in [1.165, 1.54) is 11.2 Å². The number of amides is 2. The normalized spacial score (nSPS) is 16.1. The first-order chi connectivity index (χ1) is 14.3. The molecule has 0 radical (unpaired) electrons. The Labute approximate surface area is 185 Å². The van der Waals surface area contributed by atoms with Gasteiger partial charge in [-0.15, -0.1) is 0 Å². The Morgan fingerprint density at radius 2 is 1.60 bits per heavy atom. The van der Waals surface area contributed by atoms with Crippen molar-refractivity contribution in [3.63, 3.8) is 0 Å². The molecule has 1 aliphatic rings. The van der Waals surface area contributed by atoms with Crippen LogP contribution in [0.25, 0.3) is 0 Å². The molecular formula is C21H24BrN3O4S. The molecular weight excluding hydrogens is 470 g/mol. The third-order valence-electron chi connectivity index (χ3n) is 5.00. The summed E-state index contributed by atoms with van der Waals surface area (Å²) in [5.41, 5.74) is 0.859. The summed E-state index contributed by atoms with van der Waals surface area (Å²) in [6, 6.07) is 15.4. The highest BCUT2D eigenvalue weighted by molar-refractivity contribution is 9.10. The molecule has 0 spiro atoms. The van der Waals surface area contributed by atoms with E-state index in [4.69, 9.17) is 0 Å². The largest absolute Gasteiger partial charge is 0.349 e. The van der Waals surface area contributed by atoms with Crippen LogP contribution in [0.5, 0.6) is 0 Å². The molecule has 30 heavy (non-hydrogen) atoms. The summed E-state index contributed by atoms with van der Waals surface area (Å²) >= 11 is 3.30. The summed E-state index contributed by atoms with van der Waals surface area (Å²) in [5.74, 6) is -0.319. The van der Waals surface area contributed by atoms with Gasteiger partial charge in [0, 0.05) is 37.6 Å². The van der Waals surface area contributed by atoms with Crippen molar-refractivity contribution in [3.8, 4) is 0 Å². The van der Waals surface area contributed by atoms with Gasteiger partial charge in [0.05, 0.1) is 17.4 Å². The highest BCUT2D eigenvalue weighted by Gasteiger charge is 2.31. The number of sulfonamides is 1. The van der Waals surface area contributed by atoms with E-state index in [-0.39, 0.29) is 36.2 Å². The van der Waals surface area contributed by atoms with Crippen molar-refractivity contribution in [2.24, 2.45) is 0 Å². The predicted molar refractivity (Wildman–Crippen MR) is 117 cm³/mol. The van der Waals surface area contributed by atoms with E-state index < -0.39 is 16.1 Å². The smallest absolute Gasteiger partial charge is 0.243 e. The Kier molecular flexibility index (Phi) is 7.27. The van der Waals surface area contributed by atoms with Crippen molar-refractivity contribution < 1.29 is 18.0 Å². The number of nitrogens with zero attached hydrogens (tertiary/aromatic N) is 2. The van der Waals surface area contributed by atoms with Gasteiger partial charge in [-0.2, -0.15) is 4.31 Å². The molecule has 1 atom stereocenters. The predicted octanol–water partition coefficient (Wildman–Crippen LogP) is 2.55. The number of carbonyl (C=O) groups excluding carboxylic acids is 2. The molecule has 1 aliphatic heterocycles. The molecule has 0 aromatic heterocycles. The molecule has 7 nitrogen and oxygen atoms in total. The minimum atomic E-state index is -3.59. The van der Waals surface area contributed by atoms with Gasteiger partial charge in [-0.3, -0.25) is 9.59 Å². The molecule has 2 aromatic rings. The van der Waals surface area contributed by atoms with Gasteiger partial charge in [0.25, 0.3) is 0 Å². The van der Waals surface area contributed by atoms with E-state index in [0.717, 1.165) is 10.0 Å². The van der Waals surface area contributed by atoms with Crippen LogP contribution in [0, 0.1) is 0 Å². The summed E-state index contributed by atoms with van der Waals surface area (Å²) in [4.78, 5) is 26.3. The van der Waals surface area contributed by atoms with Crippen LogP contribution >= 0.6 is 15.9 Å². The van der Waals surface area contributed by atoms with Crippen LogP contribution in [0.15, 0.2) is 64.0 Å². The molecule has 0 bridgehead atoms. The molecule has 0 saturated carbocycles. The summed E-state index contributed by atoms with van der Waals surface area (Å²) in [7, 11) is -3.59. The molecule has 1 heterocycles. The van der Waals surface area contributed by atoms with Crippen LogP contribution in [-0.4, -0.2) is 55.6 Å². The monoisotopic (exact) mass is 493 g/mol. The third kappa shape index (κ3) is 5.47. The minimum absolute atomic E-state index is 0.113. The van der Waals surface area contributed by atoms with Gasteiger partial charge in [0.2, 0.25) is 21.8 Å². The molecule has 160 valence electrons. The molecule has 2 amide bonds. The number of benzene rings is 2. The standard InChI is InChI=1S/C21H24BrN3O4S/c1-16(26)23-20(17-5-3-2-4-6-17)15-21(27)24-11-13-25(14-12-24)30(28,29)19-9-7-18(22)8-10-19/h2-10,20H,11-15H2,1H3,(H,23,26)/t20-/m1/s1. The first-order valence-corrected chi connectivity index (χ1v) is 11.9. The fourth-order valence-corrected chi connectivity index (χ4v) is 5.11. The molecule has 0 aliphatic carbocycles. The fourth-order valence-electron chi connectivity index (χ4n) is 3.42. The first kappa shape index (κ1) is 22.5. The Balaban J connectivity index is 1.63. The molecule has 0 unspecified atom stereocenters. The average molecular weight is 494 g/mol. The zero-order valence-corrected chi connectivity index (χ0v) is 19.0. The van der Waals surface area contributed by atoms with Crippen molar-refractivity contribution >= 4 is 37.8 Å². The molecule has 2 aromatic carbocycles. The highest BCUT2D eigenvalue weighted by atomic mass is 79.9. The second-order valence-corrected chi connectivity index (χ2v) is 9.96. The van der Waals surface area contributed by atoms with E-state index in [2.05, 4.69) is 21.2 Å². The van der Waals surface area contributed by atoms with Crippen LogP contribution in [0.1, 0.15) is 24.9 Å². The lowest BCUT2D eigenvalue weighted by Crippen LogP contribution is -2.51. The second-order valence-electron chi connectivity index (χ2n) is 7.11. The molecule has 3 rings (SSSR count). The number of carbonyl (C=O) groups is 2. The lowest BCUT2D eigenvalue weighted by Gasteiger charge is -2.34. The zero-order chi connectivity index (χ0) is 21.7. The van der Waals surface area contributed by atoms with Gasteiger partial charge in [-0.25, -0.2) is 8.42 Å². The summed E-state index contributed by atoms with van der Waals surface area (Å²) in [5, 5.41) is 2.83. The van der Waals surface area contributed by atoms with Crippen LogP contribution in [0.4, 0.5) is 0 Å². The number of piperazine rings is 1. The number of nitrogens with one attached hydrogen (secondary N) is 1. The molecule has 1 saturated heterocycles. The zero-order valence-electron chi connectivity index (χ0n) is 16.6. The quantitative estimate of drug-likeness (QED) is 0.669. The van der Waals surface area contributed by atoms with Crippen LogP contribution in [0.3, 0.4) is 0 Å². The highest BCUT2D eigenvalue weighted by Crippen LogP contribution is 2.22. The maximum absolute atomic E-state index is 12.8. The maximum atomic E-state index is 12.8. The molecule has 1 fully saturated rings. The van der Waals surface area contributed by atoms with Gasteiger partial charge in [-0.1, -0.05) is 46.3 Å². The Hall–Kier alpha value is -2.23. The summed E-state index contributed by atoms with van der Waals surface area (Å²) in [6.07, 6.45) is 0.128. The van der Waals surface area contributed by atoms with E-state index in [1.54, 1.807) is 29.2 Å². The molecule has 9 heteroatoms. The van der Waals surface area contributed by atoms with Crippen molar-refractivity contribution in [1.82, 2.24) is 14.5 Å². The Morgan fingerprint density at radius 3 is 2.17 bits per heavy atom. The Morgan fingerprint density at radius 1 is 1.00 bits per heavy atom. The lowest BCUT2D eigenvalue weighted by atomic mass is 10.0. The SMILES string of the molecule is CC(=O)N[C@H](CC(=O)N1CCN(S(=O)(=O)c2ccc(Br)cc2)CC1)c1ccccc1. The topological polar surface area (TPSA) is 86.8 Å². The number of rotatable bonds is 6. The second kappa shape index (κ2) is 9.72. The third-order valence-corrected chi connectivity index (χ3v) is 7.44. The summed E-state index contributed by atoms with van der Waals surface area (Å²) < 4.78 is 27.9. The number of hydrogen-bond donors (Lipinski definition) is 1. The number of halogens is 1. The Bertz CT molecular complexity index is 989. The fraction of sp³-hybridized carbons (Fsp3) is 0.333. The van der Waals surface area contributed by atoms with E-state index in [0.29, 0.717) is 13.1 Å². The van der Waals surface area contributed by atoms with Crippen LogP contribution < -0.4 is 5.32 Å². The first-order valence-electron chi connectivity index (χ1n) is 9.63. The van der Waals surface area contributed by atoms with Crippen molar-refractivity contribution in [2.45, 2.75) is 24.3 Å². The summed E-state index contributed by atoms with van der Waals surface area (Å²) in [6.45, 7) is 2.53. The van der Waals surface area contributed by atoms with Crippen molar-refractivity contribution in [1.29, 1.82) is 0 Å². The van der Waals surface area contributed by atoms with Crippen molar-refractivity contribution in [2.75, 3.05) is 26.2 Å². The van der Waals surface area contributed by atoms with Crippen LogP contribution in [0.2, 0.25) is 0 Å². The van der Waals surface area contributed by atoms with E-state index in [9.17, 15) is 18.0 Å². The van der Waals surface area contributed by atoms with Gasteiger partial charge in [0.1, 0.15) is 0 Å². The van der Waals surface area contributed by atoms with Gasteiger partial charge >= 0.3 is 0 Å². The number of hydrogen-bond acceptors (Lipinski definition) is 4. The lowest BCUT2D eigenvalue weighted by molar-refractivity contribution is -0.133. The maximum Gasteiger partial charge on any atom is 0.243 e. The van der Waals surface area contributed by atoms with Crippen molar-refractivity contribution in [3.05, 3.63) is 64.6 Å². The van der Waals surface area contributed by atoms with Gasteiger partial charge < -0.3 is 10.2 Å². The van der Waals surface area contributed by atoms with Crippen LogP contribution in [-0.2, 0) is 19.6 Å². The molecule has 1 N–H and O–H groups in total. The average Bonchev–Trinajstić information content (AvgIpc) is 2.74. The van der Waals surface area contributed by atoms with Gasteiger partial charge in [0.15, 0.2) is 0 Å². The van der Waals surface area contributed by atoms with E-state index in [1.807, 2.05) is 30.3 Å².